The first-order chi connectivity index (χ1) is 4.81. The van der Waals surface area contributed by atoms with E-state index >= 15 is 0 Å². The van der Waals surface area contributed by atoms with Crippen LogP contribution in [0.4, 0.5) is 0 Å². The molecule has 0 aromatic carbocycles. The van der Waals surface area contributed by atoms with Crippen molar-refractivity contribution in [2.24, 2.45) is 0 Å². The molecule has 0 aliphatic heterocycles. The van der Waals surface area contributed by atoms with Crippen LogP contribution in [0.25, 0.3) is 0 Å². The molecule has 0 unspecified atom stereocenters. The summed E-state index contributed by atoms with van der Waals surface area (Å²) in [5.41, 5.74) is 0. The molecule has 0 aromatic heterocycles. The van der Waals surface area contributed by atoms with Gasteiger partial charge >= 0.3 is 5.97 Å². The summed E-state index contributed by atoms with van der Waals surface area (Å²) in [6.45, 7) is 4.45. The molecule has 0 aliphatic carbocycles. The fraction of sp³-hybridized carbons (Fsp3) is 0.875. The van der Waals surface area contributed by atoms with Crippen LogP contribution in [0, 0.1) is 0 Å². The van der Waals surface area contributed by atoms with Crippen molar-refractivity contribution in [2.45, 2.75) is 39.5 Å². The number of esters is 1. The third kappa shape index (κ3) is 13.5. The van der Waals surface area contributed by atoms with Crippen LogP contribution in [0.15, 0.2) is 0 Å². The van der Waals surface area contributed by atoms with E-state index in [2.05, 4.69) is 6.92 Å². The molecule has 0 spiro atoms. The van der Waals surface area contributed by atoms with E-state index in [1.165, 1.54) is 0 Å². The predicted octanol–water partition coefficient (Wildman–Crippen LogP) is 2.12. The Bertz CT molecular complexity index is 97.1. The van der Waals surface area contributed by atoms with Crippen molar-refractivity contribution in [3.05, 3.63) is 0 Å². The maximum atomic E-state index is 10.7. The first kappa shape index (κ1) is 18.6. The van der Waals surface area contributed by atoms with Gasteiger partial charge in [0.15, 0.2) is 0 Å². The van der Waals surface area contributed by atoms with Crippen LogP contribution in [-0.4, -0.2) is 12.6 Å². The Balaban J connectivity index is -0.000000405. The topological polar surface area (TPSA) is 26.3 Å². The molecule has 0 aromatic rings. The molecule has 0 radical (unpaired) electrons. The van der Waals surface area contributed by atoms with Crippen molar-refractivity contribution in [3.8, 4) is 0 Å². The Morgan fingerprint density at radius 3 is 2.17 bits per heavy atom. The number of hydrogen-bond donors (Lipinski definition) is 0. The van der Waals surface area contributed by atoms with Crippen LogP contribution in [0.2, 0.25) is 0 Å². The summed E-state index contributed by atoms with van der Waals surface area (Å²) in [5.74, 6) is -0.0593. The van der Waals surface area contributed by atoms with Crippen molar-refractivity contribution in [3.63, 3.8) is 0 Å². The Kier molecular flexibility index (Phi) is 22.4. The van der Waals surface area contributed by atoms with Crippen molar-refractivity contribution in [2.75, 3.05) is 6.61 Å². The van der Waals surface area contributed by atoms with E-state index in [1.807, 2.05) is 6.92 Å². The van der Waals surface area contributed by atoms with Gasteiger partial charge in [-0.05, 0) is 13.3 Å². The molecule has 68 valence electrons. The van der Waals surface area contributed by atoms with E-state index in [1.54, 1.807) is 0 Å². The Hall–Kier alpha value is 0.899. The Morgan fingerprint density at radius 1 is 1.17 bits per heavy atom. The number of rotatable bonds is 5. The van der Waals surface area contributed by atoms with Crippen LogP contribution >= 0.6 is 0 Å². The van der Waals surface area contributed by atoms with Crippen molar-refractivity contribution >= 4 is 5.97 Å². The van der Waals surface area contributed by atoms with Crippen LogP contribution in [0.3, 0.4) is 0 Å². The summed E-state index contributed by atoms with van der Waals surface area (Å²) >= 11 is 0. The number of carbonyl (C=O) groups excluding carboxylic acids is 1. The van der Waals surface area contributed by atoms with Crippen molar-refractivity contribution in [1.29, 1.82) is 0 Å². The largest absolute Gasteiger partial charge is 0.466 e. The number of unbranched alkanes of at least 4 members (excludes halogenated alkanes) is 2. The molecule has 0 fully saturated rings. The summed E-state index contributed by atoms with van der Waals surface area (Å²) in [7, 11) is 0. The third-order valence-electron chi connectivity index (χ3n) is 1.29. The zero-order chi connectivity index (χ0) is 7.82. The van der Waals surface area contributed by atoms with Crippen molar-refractivity contribution in [1.82, 2.24) is 0 Å². The maximum absolute atomic E-state index is 10.7. The second kappa shape index (κ2) is 14.4. The number of carbonyl (C=O) groups is 1. The van der Waals surface area contributed by atoms with Gasteiger partial charge in [-0.25, -0.2) is 0 Å². The normalized spacial score (nSPS) is 7.83. The van der Waals surface area contributed by atoms with Gasteiger partial charge in [0.1, 0.15) is 0 Å². The average molecular weight is 240 g/mol. The fourth-order valence-corrected chi connectivity index (χ4v) is 0.752. The van der Waals surface area contributed by atoms with Gasteiger partial charge < -0.3 is 4.74 Å². The van der Waals surface area contributed by atoms with E-state index in [-0.39, 0.29) is 49.4 Å². The molecule has 0 aliphatic rings. The summed E-state index contributed by atoms with van der Waals surface area (Å²) in [6.07, 6.45) is 3.83. The molecule has 0 saturated heterocycles. The van der Waals surface area contributed by atoms with Gasteiger partial charge in [-0.15, -0.1) is 0 Å². The first-order valence-corrected chi connectivity index (χ1v) is 3.96. The SMILES string of the molecule is CCCCCC(=O)OCC.[Ti].[Ti]. The monoisotopic (exact) mass is 240 g/mol. The minimum absolute atomic E-state index is 0. The molecule has 12 heavy (non-hydrogen) atoms. The predicted molar refractivity (Wildman–Crippen MR) is 40.8 cm³/mol. The summed E-state index contributed by atoms with van der Waals surface area (Å²) in [5, 5.41) is 0. The van der Waals surface area contributed by atoms with Crippen LogP contribution in [-0.2, 0) is 53.0 Å². The summed E-state index contributed by atoms with van der Waals surface area (Å²) in [6, 6.07) is 0. The van der Waals surface area contributed by atoms with Gasteiger partial charge in [0.25, 0.3) is 0 Å². The molecule has 2 nitrogen and oxygen atoms in total. The molecule has 0 bridgehead atoms. The molecule has 4 heteroatoms. The molecule has 0 N–H and O–H groups in total. The van der Waals surface area contributed by atoms with Gasteiger partial charge in [0.05, 0.1) is 6.61 Å². The second-order valence-electron chi connectivity index (χ2n) is 2.26. The zero-order valence-electron chi connectivity index (χ0n) is 7.85. The second-order valence-corrected chi connectivity index (χ2v) is 2.26. The zero-order valence-corrected chi connectivity index (χ0v) is 11.0. The first-order valence-electron chi connectivity index (χ1n) is 3.96. The smallest absolute Gasteiger partial charge is 0.305 e. The quantitative estimate of drug-likeness (QED) is 0.418. The molecular weight excluding hydrogens is 224 g/mol. The average Bonchev–Trinajstić information content (AvgIpc) is 1.89. The molecular formula is C8H16O2Ti2. The summed E-state index contributed by atoms with van der Waals surface area (Å²) < 4.78 is 4.75. The van der Waals surface area contributed by atoms with Crippen LogP contribution < -0.4 is 0 Å². The van der Waals surface area contributed by atoms with E-state index in [9.17, 15) is 4.79 Å². The summed E-state index contributed by atoms with van der Waals surface area (Å²) in [4.78, 5) is 10.7. The Morgan fingerprint density at radius 2 is 1.75 bits per heavy atom. The van der Waals surface area contributed by atoms with E-state index < -0.39 is 0 Å². The molecule has 0 atom stereocenters. The number of hydrogen-bond acceptors (Lipinski definition) is 2. The third-order valence-corrected chi connectivity index (χ3v) is 1.29. The minimum Gasteiger partial charge on any atom is -0.466 e. The minimum atomic E-state index is -0.0593. The van der Waals surface area contributed by atoms with Crippen molar-refractivity contribution < 1.29 is 53.0 Å². The molecule has 0 amide bonds. The molecule has 0 heterocycles. The molecule has 0 rings (SSSR count). The van der Waals surface area contributed by atoms with E-state index in [4.69, 9.17) is 4.74 Å². The fourth-order valence-electron chi connectivity index (χ4n) is 0.752. The van der Waals surface area contributed by atoms with Gasteiger partial charge in [0, 0.05) is 49.9 Å². The van der Waals surface area contributed by atoms with E-state index in [0.717, 1.165) is 19.3 Å². The standard InChI is InChI=1S/C8H16O2.2Ti/c1-3-5-6-7-8(9)10-4-2;;/h3-7H2,1-2H3;;. The van der Waals surface area contributed by atoms with Crippen LogP contribution in [0.5, 0.6) is 0 Å². The number of ether oxygens (including phenoxy) is 1. The van der Waals surface area contributed by atoms with Gasteiger partial charge in [-0.3, -0.25) is 4.79 Å². The molecule has 0 saturated carbocycles. The van der Waals surface area contributed by atoms with E-state index in [0.29, 0.717) is 13.0 Å². The van der Waals surface area contributed by atoms with Gasteiger partial charge in [-0.2, -0.15) is 0 Å². The van der Waals surface area contributed by atoms with Gasteiger partial charge in [-0.1, -0.05) is 19.8 Å². The Labute approximate surface area is 105 Å². The van der Waals surface area contributed by atoms with Crippen LogP contribution in [0.1, 0.15) is 39.5 Å². The maximum Gasteiger partial charge on any atom is 0.305 e. The van der Waals surface area contributed by atoms with Gasteiger partial charge in [0.2, 0.25) is 0 Å².